The molecule has 0 aliphatic carbocycles. The number of amides is 1. The van der Waals surface area contributed by atoms with Crippen LogP contribution in [0.1, 0.15) is 15.9 Å². The van der Waals surface area contributed by atoms with E-state index in [1.54, 1.807) is 31.4 Å². The van der Waals surface area contributed by atoms with E-state index in [1.807, 2.05) is 31.2 Å². The quantitative estimate of drug-likeness (QED) is 0.500. The van der Waals surface area contributed by atoms with Gasteiger partial charge in [-0.25, -0.2) is 9.78 Å². The predicted molar refractivity (Wildman–Crippen MR) is 110 cm³/mol. The molecule has 0 radical (unpaired) electrons. The molecule has 1 amide bonds. The molecule has 2 aromatic carbocycles. The fraction of sp³-hybridized carbons (Fsp3) is 0.190. The lowest BCUT2D eigenvalue weighted by Gasteiger charge is -2.11. The molecule has 0 bridgehead atoms. The summed E-state index contributed by atoms with van der Waals surface area (Å²) in [6, 6.07) is 14.5. The second-order valence-corrected chi connectivity index (χ2v) is 7.00. The van der Waals surface area contributed by atoms with E-state index in [2.05, 4.69) is 10.3 Å². The number of rotatable bonds is 6. The van der Waals surface area contributed by atoms with Gasteiger partial charge in [-0.3, -0.25) is 4.79 Å². The van der Waals surface area contributed by atoms with Crippen molar-refractivity contribution in [3.8, 4) is 5.75 Å². The summed E-state index contributed by atoms with van der Waals surface area (Å²) in [7, 11) is 2.91. The molecule has 7 heteroatoms. The van der Waals surface area contributed by atoms with E-state index in [9.17, 15) is 9.59 Å². The first kappa shape index (κ1) is 19.7. The number of esters is 1. The monoisotopic (exact) mass is 396 g/mol. The summed E-state index contributed by atoms with van der Waals surface area (Å²) in [5.41, 5.74) is 2.56. The number of para-hydroxylation sites is 2. The molecule has 0 spiro atoms. The maximum Gasteiger partial charge on any atom is 0.339 e. The summed E-state index contributed by atoms with van der Waals surface area (Å²) < 4.78 is 10.1. The van der Waals surface area contributed by atoms with Gasteiger partial charge in [-0.2, -0.15) is 0 Å². The zero-order valence-electron chi connectivity index (χ0n) is 15.8. The minimum Gasteiger partial charge on any atom is -0.494 e. The summed E-state index contributed by atoms with van der Waals surface area (Å²) in [5, 5.41) is 4.50. The molecule has 28 heavy (non-hydrogen) atoms. The zero-order valence-corrected chi connectivity index (χ0v) is 16.6. The smallest absolute Gasteiger partial charge is 0.339 e. The third-order valence-corrected chi connectivity index (χ3v) is 5.07. The number of nitrogens with one attached hydrogen (secondary N) is 1. The van der Waals surface area contributed by atoms with Gasteiger partial charge in [0.1, 0.15) is 11.3 Å². The number of hydrogen-bond donors (Lipinski definition) is 1. The van der Waals surface area contributed by atoms with E-state index in [1.165, 1.54) is 18.9 Å². The molecule has 0 atom stereocenters. The number of hydrogen-bond acceptors (Lipinski definition) is 6. The molecule has 1 N–H and O–H groups in total. The highest BCUT2D eigenvalue weighted by molar-refractivity contribution is 7.99. The molecule has 3 rings (SSSR count). The number of thioether (sulfide) groups is 1. The Balaban J connectivity index is 1.74. The van der Waals surface area contributed by atoms with Gasteiger partial charge in [0.25, 0.3) is 0 Å². The number of methoxy groups -OCH3 is 2. The number of anilines is 1. The predicted octanol–water partition coefficient (Wildman–Crippen LogP) is 4.07. The van der Waals surface area contributed by atoms with Crippen molar-refractivity contribution in [2.24, 2.45) is 0 Å². The molecule has 0 fully saturated rings. The number of ether oxygens (including phenoxy) is 2. The van der Waals surface area contributed by atoms with Crippen LogP contribution in [0.15, 0.2) is 53.6 Å². The van der Waals surface area contributed by atoms with Crippen LogP contribution >= 0.6 is 11.8 Å². The van der Waals surface area contributed by atoms with Crippen molar-refractivity contribution in [2.45, 2.75) is 11.9 Å². The van der Waals surface area contributed by atoms with Gasteiger partial charge in [0.05, 0.1) is 36.2 Å². The van der Waals surface area contributed by atoms with Crippen molar-refractivity contribution < 1.29 is 19.1 Å². The molecule has 0 aliphatic heterocycles. The molecular formula is C21H20N2O4S. The Morgan fingerprint density at radius 2 is 1.89 bits per heavy atom. The lowest BCUT2D eigenvalue weighted by atomic mass is 10.1. The van der Waals surface area contributed by atoms with E-state index >= 15 is 0 Å². The molecule has 0 saturated carbocycles. The van der Waals surface area contributed by atoms with E-state index in [-0.39, 0.29) is 11.7 Å². The molecule has 144 valence electrons. The van der Waals surface area contributed by atoms with Crippen LogP contribution in [0.3, 0.4) is 0 Å². The highest BCUT2D eigenvalue weighted by Gasteiger charge is 2.14. The third kappa shape index (κ3) is 4.26. The van der Waals surface area contributed by atoms with E-state index in [0.717, 1.165) is 21.5 Å². The Labute approximate surface area is 167 Å². The van der Waals surface area contributed by atoms with Crippen molar-refractivity contribution in [3.05, 3.63) is 59.7 Å². The molecular weight excluding hydrogens is 376 g/mol. The number of carbonyl (C=O) groups is 2. The Bertz CT molecular complexity index is 1040. The Morgan fingerprint density at radius 1 is 1.11 bits per heavy atom. The normalized spacial score (nSPS) is 10.5. The van der Waals surface area contributed by atoms with E-state index < -0.39 is 5.97 Å². The van der Waals surface area contributed by atoms with Gasteiger partial charge in [-0.15, -0.1) is 0 Å². The van der Waals surface area contributed by atoms with Crippen molar-refractivity contribution in [1.82, 2.24) is 4.98 Å². The molecule has 1 heterocycles. The maximum atomic E-state index is 12.4. The van der Waals surface area contributed by atoms with Crippen LogP contribution in [-0.4, -0.2) is 36.8 Å². The third-order valence-electron chi connectivity index (χ3n) is 4.16. The zero-order chi connectivity index (χ0) is 20.1. The second kappa shape index (κ2) is 8.75. The van der Waals surface area contributed by atoms with Crippen LogP contribution < -0.4 is 10.1 Å². The minimum atomic E-state index is -0.498. The molecule has 0 aliphatic rings. The fourth-order valence-corrected chi connectivity index (χ4v) is 3.57. The Kier molecular flexibility index (Phi) is 6.16. The van der Waals surface area contributed by atoms with Crippen molar-refractivity contribution in [3.63, 3.8) is 0 Å². The summed E-state index contributed by atoms with van der Waals surface area (Å²) in [6.45, 7) is 2.00. The van der Waals surface area contributed by atoms with Gasteiger partial charge in [0.15, 0.2) is 0 Å². The molecule has 0 unspecified atom stereocenters. The first-order valence-electron chi connectivity index (χ1n) is 8.58. The van der Waals surface area contributed by atoms with E-state index in [4.69, 9.17) is 9.47 Å². The largest absolute Gasteiger partial charge is 0.494 e. The lowest BCUT2D eigenvalue weighted by Crippen LogP contribution is -2.17. The second-order valence-electron chi connectivity index (χ2n) is 6.01. The first-order valence-corrected chi connectivity index (χ1v) is 9.56. The fourth-order valence-electron chi connectivity index (χ4n) is 2.81. The molecule has 3 aromatic rings. The number of nitrogens with zero attached hydrogens (tertiary/aromatic N) is 1. The van der Waals surface area contributed by atoms with Crippen LogP contribution in [-0.2, 0) is 9.53 Å². The summed E-state index contributed by atoms with van der Waals surface area (Å²) in [6.07, 6.45) is 0. The van der Waals surface area contributed by atoms with Gasteiger partial charge in [-0.1, -0.05) is 36.0 Å². The van der Waals surface area contributed by atoms with E-state index in [0.29, 0.717) is 17.0 Å². The number of pyridine rings is 1. The summed E-state index contributed by atoms with van der Waals surface area (Å²) in [4.78, 5) is 28.8. The highest BCUT2D eigenvalue weighted by Crippen LogP contribution is 2.29. The number of fused-ring (bicyclic) bond motifs is 1. The average molecular weight is 396 g/mol. The number of carbonyl (C=O) groups excluding carboxylic acids is 2. The first-order chi connectivity index (χ1) is 13.5. The van der Waals surface area contributed by atoms with Crippen LogP contribution in [0.5, 0.6) is 5.75 Å². The van der Waals surface area contributed by atoms with Crippen LogP contribution in [0.25, 0.3) is 10.9 Å². The summed E-state index contributed by atoms with van der Waals surface area (Å²) >= 11 is 1.32. The maximum absolute atomic E-state index is 12.4. The van der Waals surface area contributed by atoms with Crippen molar-refractivity contribution in [1.29, 1.82) is 0 Å². The average Bonchev–Trinajstić information content (AvgIpc) is 2.71. The van der Waals surface area contributed by atoms with Gasteiger partial charge in [0.2, 0.25) is 5.91 Å². The highest BCUT2D eigenvalue weighted by atomic mass is 32.2. The van der Waals surface area contributed by atoms with Crippen molar-refractivity contribution >= 4 is 40.2 Å². The van der Waals surface area contributed by atoms with Crippen molar-refractivity contribution in [2.75, 3.05) is 25.3 Å². The van der Waals surface area contributed by atoms with Crippen LogP contribution in [0.2, 0.25) is 0 Å². The standard InChI is InChI=1S/C21H20N2O4S/c1-13-11-19(23-20-14(13)8-6-10-17(20)26-2)28-12-18(24)22-16-9-5-4-7-15(16)21(25)27-3/h4-11H,12H2,1-3H3,(H,22,24). The SMILES string of the molecule is COC(=O)c1ccccc1NC(=O)CSc1cc(C)c2cccc(OC)c2n1. The van der Waals surface area contributed by atoms with Gasteiger partial charge in [0, 0.05) is 5.39 Å². The van der Waals surface area contributed by atoms with Crippen LogP contribution in [0.4, 0.5) is 5.69 Å². The Morgan fingerprint density at radius 3 is 2.64 bits per heavy atom. The number of aromatic nitrogens is 1. The number of benzene rings is 2. The molecule has 0 saturated heterocycles. The minimum absolute atomic E-state index is 0.155. The number of aryl methyl sites for hydroxylation is 1. The Hall–Kier alpha value is -3.06. The molecule has 1 aromatic heterocycles. The van der Waals surface area contributed by atoms with Gasteiger partial charge >= 0.3 is 5.97 Å². The lowest BCUT2D eigenvalue weighted by molar-refractivity contribution is -0.113. The summed E-state index contributed by atoms with van der Waals surface area (Å²) in [5.74, 6) is 0.116. The van der Waals surface area contributed by atoms with Crippen LogP contribution in [0, 0.1) is 6.92 Å². The molecule has 6 nitrogen and oxygen atoms in total. The van der Waals surface area contributed by atoms with Gasteiger partial charge < -0.3 is 14.8 Å². The topological polar surface area (TPSA) is 77.5 Å². The van der Waals surface area contributed by atoms with Gasteiger partial charge in [-0.05, 0) is 36.8 Å².